The molecule has 0 spiro atoms. The number of aliphatic hydroxyl groups is 1. The van der Waals surface area contributed by atoms with Crippen molar-refractivity contribution in [2.75, 3.05) is 20.8 Å². The number of nitrogens with zero attached hydrogens (tertiary/aromatic N) is 1. The molecule has 1 heterocycles. The summed E-state index contributed by atoms with van der Waals surface area (Å²) >= 11 is 0. The average Bonchev–Trinajstić information content (AvgIpc) is 2.69. The Kier molecular flexibility index (Phi) is 5.78. The summed E-state index contributed by atoms with van der Waals surface area (Å²) in [5.74, 6) is 0.712. The summed E-state index contributed by atoms with van der Waals surface area (Å²) < 4.78 is 10.6. The maximum absolute atomic E-state index is 13.0. The van der Waals surface area contributed by atoms with Gasteiger partial charge in [-0.2, -0.15) is 0 Å². The molecule has 2 atom stereocenters. The molecule has 2 aromatic carbocycles. The SMILES string of the molecule is COc1ccc(C(O)C2CCCN(Cc3ccccc3)C2=O)c(OC)c1. The topological polar surface area (TPSA) is 59.0 Å². The molecule has 138 valence electrons. The second-order valence-electron chi connectivity index (χ2n) is 6.55. The van der Waals surface area contributed by atoms with Crippen LogP contribution in [0.4, 0.5) is 0 Å². The van der Waals surface area contributed by atoms with Gasteiger partial charge < -0.3 is 19.5 Å². The molecule has 1 aliphatic rings. The lowest BCUT2D eigenvalue weighted by molar-refractivity contribution is -0.143. The van der Waals surface area contributed by atoms with Crippen molar-refractivity contribution in [3.05, 3.63) is 59.7 Å². The molecule has 2 aromatic rings. The number of carbonyl (C=O) groups is 1. The van der Waals surface area contributed by atoms with Crippen LogP contribution in [0.15, 0.2) is 48.5 Å². The fourth-order valence-corrected chi connectivity index (χ4v) is 3.50. The lowest BCUT2D eigenvalue weighted by atomic mass is 9.87. The molecule has 0 bridgehead atoms. The van der Waals surface area contributed by atoms with Crippen LogP contribution in [0.5, 0.6) is 11.5 Å². The van der Waals surface area contributed by atoms with E-state index in [1.54, 1.807) is 32.4 Å². The molecular formula is C21H25NO4. The zero-order chi connectivity index (χ0) is 18.5. The van der Waals surface area contributed by atoms with E-state index in [9.17, 15) is 9.90 Å². The van der Waals surface area contributed by atoms with E-state index in [1.807, 2.05) is 35.2 Å². The molecule has 1 aliphatic heterocycles. The smallest absolute Gasteiger partial charge is 0.228 e. The lowest BCUT2D eigenvalue weighted by Gasteiger charge is -2.35. The maximum atomic E-state index is 13.0. The van der Waals surface area contributed by atoms with Crippen LogP contribution < -0.4 is 9.47 Å². The fourth-order valence-electron chi connectivity index (χ4n) is 3.50. The molecule has 0 aromatic heterocycles. The van der Waals surface area contributed by atoms with Crippen molar-refractivity contribution in [3.8, 4) is 11.5 Å². The van der Waals surface area contributed by atoms with Gasteiger partial charge in [-0.15, -0.1) is 0 Å². The van der Waals surface area contributed by atoms with Gasteiger partial charge in [-0.05, 0) is 30.5 Å². The van der Waals surface area contributed by atoms with Crippen molar-refractivity contribution in [3.63, 3.8) is 0 Å². The van der Waals surface area contributed by atoms with Crippen LogP contribution in [0, 0.1) is 5.92 Å². The maximum Gasteiger partial charge on any atom is 0.228 e. The highest BCUT2D eigenvalue weighted by molar-refractivity contribution is 5.80. The predicted molar refractivity (Wildman–Crippen MR) is 99.1 cm³/mol. The van der Waals surface area contributed by atoms with Crippen LogP contribution >= 0.6 is 0 Å². The third-order valence-electron chi connectivity index (χ3n) is 4.93. The summed E-state index contributed by atoms with van der Waals surface area (Å²) in [6, 6.07) is 15.2. The minimum absolute atomic E-state index is 0.00882. The van der Waals surface area contributed by atoms with Gasteiger partial charge in [0.2, 0.25) is 5.91 Å². The molecule has 26 heavy (non-hydrogen) atoms. The first-order valence-corrected chi connectivity index (χ1v) is 8.86. The Morgan fingerprint density at radius 3 is 2.62 bits per heavy atom. The number of ether oxygens (including phenoxy) is 2. The highest BCUT2D eigenvalue weighted by atomic mass is 16.5. The van der Waals surface area contributed by atoms with Crippen molar-refractivity contribution in [1.29, 1.82) is 0 Å². The van der Waals surface area contributed by atoms with E-state index in [0.29, 0.717) is 30.0 Å². The van der Waals surface area contributed by atoms with Gasteiger partial charge in [0, 0.05) is 24.7 Å². The monoisotopic (exact) mass is 355 g/mol. The molecule has 0 radical (unpaired) electrons. The molecule has 1 amide bonds. The van der Waals surface area contributed by atoms with Crippen LogP contribution in [-0.2, 0) is 11.3 Å². The zero-order valence-electron chi connectivity index (χ0n) is 15.2. The third kappa shape index (κ3) is 3.83. The van der Waals surface area contributed by atoms with E-state index in [4.69, 9.17) is 9.47 Å². The second-order valence-corrected chi connectivity index (χ2v) is 6.55. The van der Waals surface area contributed by atoms with Crippen LogP contribution in [0.2, 0.25) is 0 Å². The van der Waals surface area contributed by atoms with Gasteiger partial charge in [-0.3, -0.25) is 4.79 Å². The highest BCUT2D eigenvalue weighted by Crippen LogP contribution is 2.37. The number of methoxy groups -OCH3 is 2. The lowest BCUT2D eigenvalue weighted by Crippen LogP contribution is -2.42. The minimum Gasteiger partial charge on any atom is -0.497 e. The Balaban J connectivity index is 1.78. The molecule has 5 heteroatoms. The summed E-state index contributed by atoms with van der Waals surface area (Å²) in [6.07, 6.45) is 0.640. The number of aliphatic hydroxyl groups excluding tert-OH is 1. The van der Waals surface area contributed by atoms with E-state index in [2.05, 4.69) is 0 Å². The Bertz CT molecular complexity index is 747. The number of piperidine rings is 1. The Morgan fingerprint density at radius 1 is 1.15 bits per heavy atom. The molecule has 0 aliphatic carbocycles. The first kappa shape index (κ1) is 18.3. The van der Waals surface area contributed by atoms with E-state index in [1.165, 1.54) is 0 Å². The van der Waals surface area contributed by atoms with Crippen LogP contribution in [0.25, 0.3) is 0 Å². The molecule has 0 saturated carbocycles. The van der Waals surface area contributed by atoms with E-state index >= 15 is 0 Å². The molecule has 1 saturated heterocycles. The van der Waals surface area contributed by atoms with Gasteiger partial charge in [0.25, 0.3) is 0 Å². The van der Waals surface area contributed by atoms with Gasteiger partial charge in [0.1, 0.15) is 11.5 Å². The van der Waals surface area contributed by atoms with Crippen molar-refractivity contribution in [2.45, 2.75) is 25.5 Å². The first-order valence-electron chi connectivity index (χ1n) is 8.86. The number of amides is 1. The largest absolute Gasteiger partial charge is 0.497 e. The Morgan fingerprint density at radius 2 is 1.92 bits per heavy atom. The number of carbonyl (C=O) groups excluding carboxylic acids is 1. The Hall–Kier alpha value is -2.53. The molecule has 2 unspecified atom stereocenters. The van der Waals surface area contributed by atoms with Crippen molar-refractivity contribution >= 4 is 5.91 Å². The second kappa shape index (κ2) is 8.23. The van der Waals surface area contributed by atoms with Gasteiger partial charge in [0.05, 0.1) is 26.2 Å². The van der Waals surface area contributed by atoms with Crippen LogP contribution in [-0.4, -0.2) is 36.7 Å². The third-order valence-corrected chi connectivity index (χ3v) is 4.93. The van der Waals surface area contributed by atoms with E-state index in [-0.39, 0.29) is 5.91 Å². The number of benzene rings is 2. The Labute approximate surface area is 154 Å². The summed E-state index contributed by atoms with van der Waals surface area (Å²) in [6.45, 7) is 1.29. The standard InChI is InChI=1S/C21H25NO4/c1-25-16-10-11-17(19(13-16)26-2)20(23)18-9-6-12-22(21(18)24)14-15-7-4-3-5-8-15/h3-5,7-8,10-11,13,18,20,23H,6,9,12,14H2,1-2H3. The molecule has 1 fully saturated rings. The summed E-state index contributed by atoms with van der Waals surface area (Å²) in [7, 11) is 3.13. The number of hydrogen-bond donors (Lipinski definition) is 1. The zero-order valence-corrected chi connectivity index (χ0v) is 15.2. The van der Waals surface area contributed by atoms with Gasteiger partial charge in [-0.25, -0.2) is 0 Å². The first-order chi connectivity index (χ1) is 12.6. The molecular weight excluding hydrogens is 330 g/mol. The van der Waals surface area contributed by atoms with Crippen molar-refractivity contribution < 1.29 is 19.4 Å². The van der Waals surface area contributed by atoms with Crippen LogP contribution in [0.1, 0.15) is 30.1 Å². The average molecular weight is 355 g/mol. The predicted octanol–water partition coefficient (Wildman–Crippen LogP) is 3.18. The van der Waals surface area contributed by atoms with Gasteiger partial charge in [-0.1, -0.05) is 30.3 Å². The highest BCUT2D eigenvalue weighted by Gasteiger charge is 2.35. The number of rotatable bonds is 6. The van der Waals surface area contributed by atoms with Gasteiger partial charge >= 0.3 is 0 Å². The molecule has 1 N–H and O–H groups in total. The number of hydrogen-bond acceptors (Lipinski definition) is 4. The summed E-state index contributed by atoms with van der Waals surface area (Å²) in [4.78, 5) is 14.8. The quantitative estimate of drug-likeness (QED) is 0.865. The normalized spacial score (nSPS) is 18.5. The van der Waals surface area contributed by atoms with Crippen molar-refractivity contribution in [1.82, 2.24) is 4.90 Å². The number of likely N-dealkylation sites (tertiary alicyclic amines) is 1. The van der Waals surface area contributed by atoms with E-state index in [0.717, 1.165) is 18.5 Å². The summed E-state index contributed by atoms with van der Waals surface area (Å²) in [5.41, 5.74) is 1.71. The molecule has 5 nitrogen and oxygen atoms in total. The van der Waals surface area contributed by atoms with Crippen molar-refractivity contribution in [2.24, 2.45) is 5.92 Å². The van der Waals surface area contributed by atoms with Gasteiger partial charge in [0.15, 0.2) is 0 Å². The fraction of sp³-hybridized carbons (Fsp3) is 0.381. The van der Waals surface area contributed by atoms with Crippen LogP contribution in [0.3, 0.4) is 0 Å². The minimum atomic E-state index is -0.901. The van der Waals surface area contributed by atoms with E-state index < -0.39 is 12.0 Å². The molecule has 3 rings (SSSR count). The summed E-state index contributed by atoms with van der Waals surface area (Å²) in [5, 5.41) is 10.9.